The predicted molar refractivity (Wildman–Crippen MR) is 103 cm³/mol. The maximum atomic E-state index is 13.6. The number of ether oxygens (including phenoxy) is 2. The predicted octanol–water partition coefficient (Wildman–Crippen LogP) is 3.50. The maximum absolute atomic E-state index is 13.6. The molecule has 0 unspecified atom stereocenters. The lowest BCUT2D eigenvalue weighted by atomic mass is 10.2. The first-order chi connectivity index (χ1) is 13.6. The topological polar surface area (TPSA) is 85.4 Å². The molecule has 2 N–H and O–H groups in total. The molecular formula is C20H19FN4O3. The van der Waals surface area contributed by atoms with Crippen molar-refractivity contribution >= 4 is 17.4 Å². The number of aromatic nitrogens is 2. The quantitative estimate of drug-likeness (QED) is 0.651. The van der Waals surface area contributed by atoms with Gasteiger partial charge in [0.2, 0.25) is 0 Å². The summed E-state index contributed by atoms with van der Waals surface area (Å²) in [6.45, 7) is 0.260. The Morgan fingerprint density at radius 1 is 1.04 bits per heavy atom. The van der Waals surface area contributed by atoms with Gasteiger partial charge in [-0.2, -0.15) is 0 Å². The molecule has 1 aromatic heterocycles. The maximum Gasteiger partial charge on any atom is 0.276 e. The lowest BCUT2D eigenvalue weighted by Crippen LogP contribution is -2.15. The number of nitrogens with one attached hydrogen (secondary N) is 2. The zero-order valence-corrected chi connectivity index (χ0v) is 15.4. The van der Waals surface area contributed by atoms with E-state index >= 15 is 0 Å². The van der Waals surface area contributed by atoms with Crippen LogP contribution in [0.5, 0.6) is 11.5 Å². The zero-order chi connectivity index (χ0) is 19.9. The zero-order valence-electron chi connectivity index (χ0n) is 15.4. The molecule has 8 heteroatoms. The molecule has 0 saturated heterocycles. The van der Waals surface area contributed by atoms with Gasteiger partial charge in [-0.15, -0.1) is 10.2 Å². The van der Waals surface area contributed by atoms with Gasteiger partial charge in [-0.1, -0.05) is 18.2 Å². The molecule has 1 heterocycles. The number of hydrogen-bond acceptors (Lipinski definition) is 6. The van der Waals surface area contributed by atoms with Crippen molar-refractivity contribution in [1.29, 1.82) is 0 Å². The van der Waals surface area contributed by atoms with Crippen LogP contribution in [0.1, 0.15) is 16.1 Å². The van der Waals surface area contributed by atoms with Crippen LogP contribution < -0.4 is 20.1 Å². The molecule has 0 saturated carbocycles. The summed E-state index contributed by atoms with van der Waals surface area (Å²) in [4.78, 5) is 12.4. The van der Waals surface area contributed by atoms with Crippen LogP contribution >= 0.6 is 0 Å². The van der Waals surface area contributed by atoms with Crippen LogP contribution in [0.4, 0.5) is 15.9 Å². The third-order valence-corrected chi connectivity index (χ3v) is 3.97. The molecule has 0 radical (unpaired) electrons. The molecule has 3 aromatic rings. The van der Waals surface area contributed by atoms with Crippen LogP contribution in [-0.2, 0) is 6.54 Å². The summed E-state index contributed by atoms with van der Waals surface area (Å²) < 4.78 is 24.0. The Balaban J connectivity index is 1.64. The van der Waals surface area contributed by atoms with Gasteiger partial charge in [0, 0.05) is 18.2 Å². The molecule has 28 heavy (non-hydrogen) atoms. The van der Waals surface area contributed by atoms with Crippen LogP contribution in [0, 0.1) is 5.82 Å². The van der Waals surface area contributed by atoms with Gasteiger partial charge in [0.15, 0.2) is 5.69 Å². The lowest BCUT2D eigenvalue weighted by molar-refractivity contribution is 0.102. The molecular weight excluding hydrogens is 363 g/mol. The van der Waals surface area contributed by atoms with Crippen LogP contribution in [0.15, 0.2) is 54.6 Å². The van der Waals surface area contributed by atoms with Crippen molar-refractivity contribution < 1.29 is 18.7 Å². The minimum atomic E-state index is -0.434. The molecule has 0 aliphatic heterocycles. The number of benzene rings is 2. The number of hydrogen-bond donors (Lipinski definition) is 2. The summed E-state index contributed by atoms with van der Waals surface area (Å²) in [7, 11) is 3.05. The van der Waals surface area contributed by atoms with E-state index in [4.69, 9.17) is 9.47 Å². The van der Waals surface area contributed by atoms with E-state index in [9.17, 15) is 9.18 Å². The van der Waals surface area contributed by atoms with Crippen molar-refractivity contribution in [3.63, 3.8) is 0 Å². The molecule has 1 amide bonds. The van der Waals surface area contributed by atoms with Gasteiger partial charge in [0.05, 0.1) is 19.9 Å². The second kappa shape index (κ2) is 8.81. The van der Waals surface area contributed by atoms with E-state index in [0.29, 0.717) is 28.6 Å². The fourth-order valence-electron chi connectivity index (χ4n) is 2.46. The average Bonchev–Trinajstić information content (AvgIpc) is 2.73. The van der Waals surface area contributed by atoms with Gasteiger partial charge in [0.1, 0.15) is 23.1 Å². The highest BCUT2D eigenvalue weighted by molar-refractivity contribution is 6.03. The fourth-order valence-corrected chi connectivity index (χ4v) is 2.46. The fraction of sp³-hybridized carbons (Fsp3) is 0.150. The van der Waals surface area contributed by atoms with Gasteiger partial charge >= 0.3 is 0 Å². The summed E-state index contributed by atoms with van der Waals surface area (Å²) in [6, 6.07) is 14.6. The van der Waals surface area contributed by atoms with Crippen molar-refractivity contribution in [1.82, 2.24) is 10.2 Å². The van der Waals surface area contributed by atoms with Gasteiger partial charge in [-0.05, 0) is 30.3 Å². The third kappa shape index (κ3) is 4.53. The minimum absolute atomic E-state index is 0.134. The molecule has 7 nitrogen and oxygen atoms in total. The van der Waals surface area contributed by atoms with E-state index in [-0.39, 0.29) is 18.1 Å². The van der Waals surface area contributed by atoms with Gasteiger partial charge in [-0.3, -0.25) is 4.79 Å². The van der Waals surface area contributed by atoms with E-state index in [1.54, 1.807) is 49.6 Å². The SMILES string of the molecule is COc1ccc(NC(=O)c2ccc(NCc3ccccc3F)nn2)c(OC)c1. The van der Waals surface area contributed by atoms with E-state index in [2.05, 4.69) is 20.8 Å². The van der Waals surface area contributed by atoms with Crippen molar-refractivity contribution in [2.75, 3.05) is 24.9 Å². The van der Waals surface area contributed by atoms with E-state index < -0.39 is 5.91 Å². The second-order valence-electron chi connectivity index (χ2n) is 5.77. The standard InChI is InChI=1S/C20H19FN4O3/c1-27-14-7-8-16(18(11-14)28-2)23-20(26)17-9-10-19(25-24-17)22-12-13-5-3-4-6-15(13)21/h3-11H,12H2,1-2H3,(H,22,25)(H,23,26). The number of amides is 1. The highest BCUT2D eigenvalue weighted by Crippen LogP contribution is 2.29. The number of anilines is 2. The number of halogens is 1. The number of nitrogens with zero attached hydrogens (tertiary/aromatic N) is 2. The summed E-state index contributed by atoms with van der Waals surface area (Å²) >= 11 is 0. The Hall–Kier alpha value is -3.68. The van der Waals surface area contributed by atoms with E-state index in [1.807, 2.05) is 0 Å². The van der Waals surface area contributed by atoms with Gasteiger partial charge in [-0.25, -0.2) is 4.39 Å². The monoisotopic (exact) mass is 382 g/mol. The molecule has 0 aliphatic carbocycles. The normalized spacial score (nSPS) is 10.2. The number of carbonyl (C=O) groups is 1. The molecule has 0 bridgehead atoms. The Morgan fingerprint density at radius 3 is 2.54 bits per heavy atom. The highest BCUT2D eigenvalue weighted by Gasteiger charge is 2.13. The second-order valence-corrected chi connectivity index (χ2v) is 5.77. The lowest BCUT2D eigenvalue weighted by Gasteiger charge is -2.11. The largest absolute Gasteiger partial charge is 0.497 e. The van der Waals surface area contributed by atoms with E-state index in [0.717, 1.165) is 0 Å². The molecule has 3 rings (SSSR count). The minimum Gasteiger partial charge on any atom is -0.497 e. The van der Waals surface area contributed by atoms with Crippen LogP contribution in [0.2, 0.25) is 0 Å². The van der Waals surface area contributed by atoms with Crippen molar-refractivity contribution in [2.45, 2.75) is 6.54 Å². The van der Waals surface area contributed by atoms with Gasteiger partial charge in [0.25, 0.3) is 5.91 Å². The summed E-state index contributed by atoms with van der Waals surface area (Å²) in [5, 5.41) is 13.6. The van der Waals surface area contributed by atoms with Crippen LogP contribution in [0.25, 0.3) is 0 Å². The van der Waals surface area contributed by atoms with Crippen molar-refractivity contribution in [3.05, 3.63) is 71.7 Å². The number of carbonyl (C=O) groups excluding carboxylic acids is 1. The molecule has 0 spiro atoms. The van der Waals surface area contributed by atoms with Crippen molar-refractivity contribution in [3.8, 4) is 11.5 Å². The first kappa shape index (κ1) is 19.1. The number of rotatable bonds is 7. The molecule has 0 atom stereocenters. The Bertz CT molecular complexity index is 964. The highest BCUT2D eigenvalue weighted by atomic mass is 19.1. The van der Waals surface area contributed by atoms with Crippen LogP contribution in [0.3, 0.4) is 0 Å². The molecule has 144 valence electrons. The summed E-state index contributed by atoms with van der Waals surface area (Å²) in [5.74, 6) is 0.773. The average molecular weight is 382 g/mol. The van der Waals surface area contributed by atoms with Crippen LogP contribution in [-0.4, -0.2) is 30.3 Å². The smallest absolute Gasteiger partial charge is 0.276 e. The Labute approximate surface area is 161 Å². The molecule has 0 fully saturated rings. The van der Waals surface area contributed by atoms with E-state index in [1.165, 1.54) is 19.2 Å². The first-order valence-corrected chi connectivity index (χ1v) is 8.45. The van der Waals surface area contributed by atoms with Gasteiger partial charge < -0.3 is 20.1 Å². The number of methoxy groups -OCH3 is 2. The summed E-state index contributed by atoms with van der Waals surface area (Å²) in [6.07, 6.45) is 0. The third-order valence-electron chi connectivity index (χ3n) is 3.97. The Morgan fingerprint density at radius 2 is 1.86 bits per heavy atom. The Kier molecular flexibility index (Phi) is 6.01. The summed E-state index contributed by atoms with van der Waals surface area (Å²) in [5.41, 5.74) is 1.13. The molecule has 0 aliphatic rings. The molecule has 2 aromatic carbocycles. The first-order valence-electron chi connectivity index (χ1n) is 8.45. The van der Waals surface area contributed by atoms with Crippen molar-refractivity contribution in [2.24, 2.45) is 0 Å².